The van der Waals surface area contributed by atoms with Crippen molar-refractivity contribution in [1.29, 1.82) is 0 Å². The summed E-state index contributed by atoms with van der Waals surface area (Å²) >= 11 is 0. The third kappa shape index (κ3) is 5.53. The van der Waals surface area contributed by atoms with Crippen molar-refractivity contribution < 1.29 is 13.2 Å². The van der Waals surface area contributed by atoms with Crippen LogP contribution in [0.4, 0.5) is 11.5 Å². The van der Waals surface area contributed by atoms with Crippen LogP contribution < -0.4 is 10.1 Å². The number of rotatable bonds is 8. The number of imidazole rings is 1. The van der Waals surface area contributed by atoms with Gasteiger partial charge in [-0.1, -0.05) is 0 Å². The lowest BCUT2D eigenvalue weighted by Crippen LogP contribution is -2.47. The zero-order valence-corrected chi connectivity index (χ0v) is 21.8. The molecule has 4 aromatic heterocycles. The number of methoxy groups -OCH3 is 1. The number of anilines is 2. The first kappa shape index (κ1) is 25.0. The molecule has 0 amide bonds. The van der Waals surface area contributed by atoms with Gasteiger partial charge in [-0.3, -0.25) is 9.80 Å². The molecule has 0 radical (unpaired) electrons. The van der Waals surface area contributed by atoms with Gasteiger partial charge < -0.3 is 15.0 Å². The van der Waals surface area contributed by atoms with Gasteiger partial charge in [0.2, 0.25) is 5.88 Å². The van der Waals surface area contributed by atoms with Crippen LogP contribution in [-0.4, -0.2) is 87.3 Å². The van der Waals surface area contributed by atoms with Crippen molar-refractivity contribution >= 4 is 33.4 Å². The molecule has 0 spiro atoms. The highest BCUT2D eigenvalue weighted by Crippen LogP contribution is 2.34. The topological polar surface area (TPSA) is 142 Å². The van der Waals surface area contributed by atoms with Gasteiger partial charge in [-0.15, -0.1) is 0 Å². The molecule has 1 saturated heterocycles. The zero-order chi connectivity index (χ0) is 25.9. The number of pyridine rings is 2. The molecule has 1 unspecified atom stereocenters. The van der Waals surface area contributed by atoms with E-state index >= 15 is 0 Å². The van der Waals surface area contributed by atoms with Crippen LogP contribution in [0.1, 0.15) is 24.4 Å². The second kappa shape index (κ2) is 10.7. The maximum atomic E-state index is 11.1. The van der Waals surface area contributed by atoms with Gasteiger partial charge in [0.25, 0.3) is 0 Å². The van der Waals surface area contributed by atoms with E-state index in [-0.39, 0.29) is 11.9 Å². The molecular weight excluding hydrogens is 494 g/mol. The number of hydrogen-bond acceptors (Lipinski definition) is 11. The lowest BCUT2D eigenvalue weighted by atomic mass is 10.0. The molecule has 13 heteroatoms. The Balaban J connectivity index is 1.50. The Bertz CT molecular complexity index is 1460. The molecule has 2 N–H and O–H groups in total. The van der Waals surface area contributed by atoms with E-state index in [1.165, 1.54) is 0 Å². The van der Waals surface area contributed by atoms with Crippen LogP contribution >= 0.6 is 0 Å². The quantitative estimate of drug-likeness (QED) is 0.292. The van der Waals surface area contributed by atoms with Crippen molar-refractivity contribution in [1.82, 2.24) is 39.7 Å². The van der Waals surface area contributed by atoms with Gasteiger partial charge in [0.05, 0.1) is 31.2 Å². The standard InChI is InChI=1S/C24H29N9O3S/c1-15(33-8-6-32(7-9-33)14-37(34)35)17-10-19(21-22-24(28-13-27-22)30-16(2)29-21)23(26-11-17)31-18-4-5-20(36-3)25-12-18/h4-5,10-13,15,37H,6-9,14H2,1-3H3,(H,26,31)(H,27,28,29,30). The second-order valence-corrected chi connectivity index (χ2v) is 9.85. The Morgan fingerprint density at radius 2 is 1.92 bits per heavy atom. The van der Waals surface area contributed by atoms with E-state index in [4.69, 9.17) is 14.7 Å². The van der Waals surface area contributed by atoms with Gasteiger partial charge in [0, 0.05) is 50.0 Å². The molecule has 1 atom stereocenters. The summed E-state index contributed by atoms with van der Waals surface area (Å²) in [6.45, 7) is 6.94. The van der Waals surface area contributed by atoms with E-state index in [0.29, 0.717) is 47.5 Å². The lowest BCUT2D eigenvalue weighted by Gasteiger charge is -2.37. The van der Waals surface area contributed by atoms with E-state index < -0.39 is 10.7 Å². The van der Waals surface area contributed by atoms with Crippen molar-refractivity contribution in [3.63, 3.8) is 0 Å². The Kier molecular flexibility index (Phi) is 7.26. The number of H-pyrrole nitrogens is 1. The third-order valence-electron chi connectivity index (χ3n) is 6.52. The van der Waals surface area contributed by atoms with E-state index in [0.717, 1.165) is 29.9 Å². The Morgan fingerprint density at radius 1 is 1.11 bits per heavy atom. The molecule has 12 nitrogen and oxygen atoms in total. The van der Waals surface area contributed by atoms with Crippen LogP contribution in [0.15, 0.2) is 36.9 Å². The molecule has 194 valence electrons. The molecule has 5 rings (SSSR count). The first-order chi connectivity index (χ1) is 17.9. The van der Waals surface area contributed by atoms with Crippen molar-refractivity contribution in [3.8, 4) is 17.1 Å². The Hall–Kier alpha value is -3.68. The molecule has 5 heterocycles. The van der Waals surface area contributed by atoms with Gasteiger partial charge >= 0.3 is 0 Å². The molecule has 1 aliphatic rings. The fourth-order valence-corrected chi connectivity index (χ4v) is 5.11. The van der Waals surface area contributed by atoms with Crippen molar-refractivity contribution in [2.75, 3.05) is 44.5 Å². The summed E-state index contributed by atoms with van der Waals surface area (Å²) in [6.07, 6.45) is 5.16. The maximum absolute atomic E-state index is 11.1. The SMILES string of the molecule is COc1ccc(Nc2ncc(C(C)N3CCN(C[SH](=O)=O)CC3)cc2-c2nc(C)nc3[nH]cnc23)cn1. The maximum Gasteiger partial charge on any atom is 0.213 e. The van der Waals surface area contributed by atoms with Gasteiger partial charge in [0.1, 0.15) is 22.9 Å². The normalized spacial score (nSPS) is 15.8. The van der Waals surface area contributed by atoms with Crippen molar-refractivity contribution in [3.05, 3.63) is 48.3 Å². The van der Waals surface area contributed by atoms with Crippen molar-refractivity contribution in [2.24, 2.45) is 0 Å². The number of ether oxygens (including phenoxy) is 1. The van der Waals surface area contributed by atoms with Crippen LogP contribution in [0, 0.1) is 6.92 Å². The first-order valence-electron chi connectivity index (χ1n) is 11.9. The fourth-order valence-electron chi connectivity index (χ4n) is 4.50. The van der Waals surface area contributed by atoms with Crippen LogP contribution in [0.5, 0.6) is 5.88 Å². The minimum absolute atomic E-state index is 0.0729. The minimum atomic E-state index is -2.41. The van der Waals surface area contributed by atoms with Crippen LogP contribution in [0.3, 0.4) is 0 Å². The van der Waals surface area contributed by atoms with Crippen molar-refractivity contribution in [2.45, 2.75) is 19.9 Å². The number of hydrogen-bond donors (Lipinski definition) is 3. The zero-order valence-electron chi connectivity index (χ0n) is 20.9. The predicted octanol–water partition coefficient (Wildman–Crippen LogP) is 2.12. The number of piperazine rings is 1. The number of aryl methyl sites for hydroxylation is 1. The molecule has 0 bridgehead atoms. The molecule has 37 heavy (non-hydrogen) atoms. The van der Waals surface area contributed by atoms with Gasteiger partial charge in [-0.25, -0.2) is 33.3 Å². The average molecular weight is 524 g/mol. The third-order valence-corrected chi connectivity index (χ3v) is 7.15. The number of thiol groups is 1. The van der Waals surface area contributed by atoms with E-state index in [1.54, 1.807) is 25.7 Å². The largest absolute Gasteiger partial charge is 0.481 e. The Morgan fingerprint density at radius 3 is 2.62 bits per heavy atom. The van der Waals surface area contributed by atoms with Crippen LogP contribution in [-0.2, 0) is 10.7 Å². The summed E-state index contributed by atoms with van der Waals surface area (Å²) in [5, 5.41) is 3.36. The van der Waals surface area contributed by atoms with Gasteiger partial charge in [-0.2, -0.15) is 0 Å². The van der Waals surface area contributed by atoms with E-state index in [9.17, 15) is 8.42 Å². The lowest BCUT2D eigenvalue weighted by molar-refractivity contribution is 0.114. The van der Waals surface area contributed by atoms with Gasteiger partial charge in [0.15, 0.2) is 16.4 Å². The molecule has 0 saturated carbocycles. The van der Waals surface area contributed by atoms with Crippen LogP contribution in [0.2, 0.25) is 0 Å². The van der Waals surface area contributed by atoms with Gasteiger partial charge in [-0.05, 0) is 31.5 Å². The average Bonchev–Trinajstić information content (AvgIpc) is 3.37. The summed E-state index contributed by atoms with van der Waals surface area (Å²) in [4.78, 5) is 30.1. The summed E-state index contributed by atoms with van der Waals surface area (Å²) in [5.41, 5.74) is 4.58. The fraction of sp³-hybridized carbons (Fsp3) is 0.375. The summed E-state index contributed by atoms with van der Waals surface area (Å²) < 4.78 is 27.4. The van der Waals surface area contributed by atoms with E-state index in [2.05, 4.69) is 43.1 Å². The number of nitrogens with zero attached hydrogens (tertiary/aromatic N) is 7. The first-order valence-corrected chi connectivity index (χ1v) is 13.3. The molecular formula is C24H29N9O3S. The van der Waals surface area contributed by atoms with E-state index in [1.807, 2.05) is 24.1 Å². The number of nitrogens with one attached hydrogen (secondary N) is 2. The van der Waals surface area contributed by atoms with Crippen LogP contribution in [0.25, 0.3) is 22.4 Å². The highest BCUT2D eigenvalue weighted by Gasteiger charge is 2.24. The number of fused-ring (bicyclic) bond motifs is 1. The Labute approximate surface area is 216 Å². The summed E-state index contributed by atoms with van der Waals surface area (Å²) in [7, 11) is -0.834. The highest BCUT2D eigenvalue weighted by atomic mass is 32.2. The molecule has 0 aromatic carbocycles. The summed E-state index contributed by atoms with van der Waals surface area (Å²) in [6, 6.07) is 5.82. The highest BCUT2D eigenvalue weighted by molar-refractivity contribution is 7.72. The minimum Gasteiger partial charge on any atom is -0.481 e. The number of aromatic amines is 1. The smallest absolute Gasteiger partial charge is 0.213 e. The second-order valence-electron chi connectivity index (χ2n) is 8.90. The molecule has 4 aromatic rings. The molecule has 0 aliphatic carbocycles. The summed E-state index contributed by atoms with van der Waals surface area (Å²) in [5.74, 6) is 1.87. The monoisotopic (exact) mass is 523 g/mol. The predicted molar refractivity (Wildman–Crippen MR) is 140 cm³/mol. The number of aromatic nitrogens is 6. The molecule has 1 fully saturated rings. The molecule has 1 aliphatic heterocycles.